The van der Waals surface area contributed by atoms with Gasteiger partial charge in [0.05, 0.1) is 11.8 Å². The van der Waals surface area contributed by atoms with Crippen molar-refractivity contribution in [1.82, 2.24) is 5.32 Å². The van der Waals surface area contributed by atoms with E-state index in [0.717, 1.165) is 18.9 Å². The zero-order valence-corrected chi connectivity index (χ0v) is 9.58. The van der Waals surface area contributed by atoms with Gasteiger partial charge in [0.2, 0.25) is 0 Å². The van der Waals surface area contributed by atoms with Crippen LogP contribution in [0.3, 0.4) is 0 Å². The van der Waals surface area contributed by atoms with Gasteiger partial charge in [0.25, 0.3) is 5.91 Å². The second kappa shape index (κ2) is 5.73. The maximum Gasteiger partial charge on any atom is 0.254 e. The molecule has 1 aliphatic rings. The van der Waals surface area contributed by atoms with E-state index in [2.05, 4.69) is 5.32 Å². The molecule has 0 unspecified atom stereocenters. The zero-order chi connectivity index (χ0) is 11.2. The summed E-state index contributed by atoms with van der Waals surface area (Å²) < 4.78 is 4.86. The van der Waals surface area contributed by atoms with E-state index in [9.17, 15) is 4.79 Å². The number of carbonyl (C=O) groups excluding carboxylic acids is 1. The maximum atomic E-state index is 11.5. The van der Waals surface area contributed by atoms with Crippen molar-refractivity contribution in [2.45, 2.75) is 38.5 Å². The van der Waals surface area contributed by atoms with Crippen LogP contribution >= 0.6 is 0 Å². The van der Waals surface area contributed by atoms with Gasteiger partial charge in [0.15, 0.2) is 0 Å². The molecular formula is C13H19NO2. The molecule has 0 atom stereocenters. The van der Waals surface area contributed by atoms with Crippen molar-refractivity contribution < 1.29 is 9.21 Å². The summed E-state index contributed by atoms with van der Waals surface area (Å²) in [4.78, 5) is 11.5. The van der Waals surface area contributed by atoms with E-state index in [0.29, 0.717) is 5.56 Å². The highest BCUT2D eigenvalue weighted by atomic mass is 16.3. The van der Waals surface area contributed by atoms with Crippen molar-refractivity contribution in [3.63, 3.8) is 0 Å². The second-order valence-electron chi connectivity index (χ2n) is 4.56. The number of carbonyl (C=O) groups is 1. The van der Waals surface area contributed by atoms with Crippen LogP contribution in [0.4, 0.5) is 0 Å². The molecule has 1 aliphatic carbocycles. The molecule has 1 amide bonds. The molecule has 1 fully saturated rings. The fourth-order valence-electron chi connectivity index (χ4n) is 2.39. The molecular weight excluding hydrogens is 202 g/mol. The first-order valence-corrected chi connectivity index (χ1v) is 6.16. The minimum Gasteiger partial charge on any atom is -0.472 e. The van der Waals surface area contributed by atoms with E-state index in [-0.39, 0.29) is 5.91 Å². The number of nitrogens with one attached hydrogen (secondary N) is 1. The fraction of sp³-hybridized carbons (Fsp3) is 0.615. The van der Waals surface area contributed by atoms with Crippen molar-refractivity contribution in [2.24, 2.45) is 5.92 Å². The van der Waals surface area contributed by atoms with Gasteiger partial charge in [-0.25, -0.2) is 0 Å². The Labute approximate surface area is 96.2 Å². The monoisotopic (exact) mass is 221 g/mol. The summed E-state index contributed by atoms with van der Waals surface area (Å²) in [6.07, 6.45) is 10.9. The summed E-state index contributed by atoms with van der Waals surface area (Å²) in [7, 11) is 0. The molecule has 0 spiro atoms. The molecule has 0 bridgehead atoms. The third-order valence-electron chi connectivity index (χ3n) is 3.33. The third-order valence-corrected chi connectivity index (χ3v) is 3.33. The lowest BCUT2D eigenvalue weighted by Crippen LogP contribution is -2.24. The van der Waals surface area contributed by atoms with Gasteiger partial charge in [-0.1, -0.05) is 25.7 Å². The third kappa shape index (κ3) is 3.12. The smallest absolute Gasteiger partial charge is 0.254 e. The van der Waals surface area contributed by atoms with Crippen LogP contribution in [-0.4, -0.2) is 12.5 Å². The van der Waals surface area contributed by atoms with Crippen molar-refractivity contribution in [3.05, 3.63) is 24.2 Å². The number of hydrogen-bond acceptors (Lipinski definition) is 2. The molecule has 0 radical (unpaired) electrons. The molecule has 1 aromatic heterocycles. The molecule has 0 aromatic carbocycles. The van der Waals surface area contributed by atoms with Crippen LogP contribution in [-0.2, 0) is 0 Å². The van der Waals surface area contributed by atoms with E-state index < -0.39 is 0 Å². The second-order valence-corrected chi connectivity index (χ2v) is 4.56. The van der Waals surface area contributed by atoms with Gasteiger partial charge in [-0.2, -0.15) is 0 Å². The summed E-state index contributed by atoms with van der Waals surface area (Å²) in [6, 6.07) is 1.69. The molecule has 0 aliphatic heterocycles. The Morgan fingerprint density at radius 3 is 2.94 bits per heavy atom. The van der Waals surface area contributed by atoms with Gasteiger partial charge in [-0.15, -0.1) is 0 Å². The minimum absolute atomic E-state index is 0.0276. The quantitative estimate of drug-likeness (QED) is 0.777. The van der Waals surface area contributed by atoms with Crippen LogP contribution in [0.5, 0.6) is 0 Å². The van der Waals surface area contributed by atoms with E-state index in [1.165, 1.54) is 44.6 Å². The predicted molar refractivity (Wildman–Crippen MR) is 62.2 cm³/mol. The number of amides is 1. The normalized spacial score (nSPS) is 16.5. The zero-order valence-electron chi connectivity index (χ0n) is 9.58. The fourth-order valence-corrected chi connectivity index (χ4v) is 2.39. The Bertz CT molecular complexity index is 313. The van der Waals surface area contributed by atoms with Gasteiger partial charge in [-0.3, -0.25) is 4.79 Å². The average Bonchev–Trinajstić information content (AvgIpc) is 2.96. The predicted octanol–water partition coefficient (Wildman–Crippen LogP) is 2.98. The van der Waals surface area contributed by atoms with E-state index in [1.807, 2.05) is 0 Å². The molecule has 1 heterocycles. The van der Waals surface area contributed by atoms with Crippen LogP contribution in [0.15, 0.2) is 23.0 Å². The highest BCUT2D eigenvalue weighted by Crippen LogP contribution is 2.28. The Morgan fingerprint density at radius 1 is 1.44 bits per heavy atom. The molecule has 1 aromatic rings. The van der Waals surface area contributed by atoms with Crippen LogP contribution in [0, 0.1) is 5.92 Å². The molecule has 1 saturated carbocycles. The summed E-state index contributed by atoms with van der Waals surface area (Å²) in [5, 5.41) is 2.91. The Balaban J connectivity index is 1.59. The summed E-state index contributed by atoms with van der Waals surface area (Å²) >= 11 is 0. The van der Waals surface area contributed by atoms with Crippen molar-refractivity contribution >= 4 is 5.91 Å². The van der Waals surface area contributed by atoms with Gasteiger partial charge in [0.1, 0.15) is 6.26 Å². The lowest BCUT2D eigenvalue weighted by atomic mass is 10.0. The van der Waals surface area contributed by atoms with Crippen LogP contribution in [0.2, 0.25) is 0 Å². The van der Waals surface area contributed by atoms with Gasteiger partial charge >= 0.3 is 0 Å². The molecule has 0 saturated heterocycles. The standard InChI is InChI=1S/C13H19NO2/c15-13(12-7-9-16-10-12)14-8-3-6-11-4-1-2-5-11/h7,9-11H,1-6,8H2,(H,14,15). The Kier molecular flexibility index (Phi) is 4.03. The van der Waals surface area contributed by atoms with Gasteiger partial charge in [0, 0.05) is 6.54 Å². The Hall–Kier alpha value is -1.25. The Morgan fingerprint density at radius 2 is 2.25 bits per heavy atom. The van der Waals surface area contributed by atoms with Crippen molar-refractivity contribution in [3.8, 4) is 0 Å². The van der Waals surface area contributed by atoms with Gasteiger partial charge < -0.3 is 9.73 Å². The highest BCUT2D eigenvalue weighted by Gasteiger charge is 2.14. The van der Waals surface area contributed by atoms with Crippen molar-refractivity contribution in [1.29, 1.82) is 0 Å². The molecule has 1 N–H and O–H groups in total. The maximum absolute atomic E-state index is 11.5. The van der Waals surface area contributed by atoms with Crippen LogP contribution < -0.4 is 5.32 Å². The lowest BCUT2D eigenvalue weighted by molar-refractivity contribution is 0.0952. The van der Waals surface area contributed by atoms with E-state index in [1.54, 1.807) is 6.07 Å². The number of furan rings is 1. The average molecular weight is 221 g/mol. The van der Waals surface area contributed by atoms with Crippen LogP contribution in [0.1, 0.15) is 48.9 Å². The summed E-state index contributed by atoms with van der Waals surface area (Å²) in [6.45, 7) is 0.778. The first-order valence-electron chi connectivity index (χ1n) is 6.16. The topological polar surface area (TPSA) is 42.2 Å². The number of rotatable bonds is 5. The largest absolute Gasteiger partial charge is 0.472 e. The lowest BCUT2D eigenvalue weighted by Gasteiger charge is -2.08. The van der Waals surface area contributed by atoms with E-state index >= 15 is 0 Å². The van der Waals surface area contributed by atoms with E-state index in [4.69, 9.17) is 4.42 Å². The molecule has 3 heteroatoms. The van der Waals surface area contributed by atoms with Gasteiger partial charge in [-0.05, 0) is 24.8 Å². The molecule has 16 heavy (non-hydrogen) atoms. The molecule has 88 valence electrons. The summed E-state index contributed by atoms with van der Waals surface area (Å²) in [5.41, 5.74) is 0.612. The molecule has 3 nitrogen and oxygen atoms in total. The summed E-state index contributed by atoms with van der Waals surface area (Å²) in [5.74, 6) is 0.881. The van der Waals surface area contributed by atoms with Crippen LogP contribution in [0.25, 0.3) is 0 Å². The number of hydrogen-bond donors (Lipinski definition) is 1. The molecule has 2 rings (SSSR count). The first-order chi connectivity index (χ1) is 7.86. The van der Waals surface area contributed by atoms with Crippen molar-refractivity contribution in [2.75, 3.05) is 6.54 Å². The minimum atomic E-state index is -0.0276. The first kappa shape index (κ1) is 11.2. The SMILES string of the molecule is O=C(NCCCC1CCCC1)c1ccoc1. The highest BCUT2D eigenvalue weighted by molar-refractivity contribution is 5.93.